The Balaban J connectivity index is 1.39. The van der Waals surface area contributed by atoms with Gasteiger partial charge in [-0.15, -0.1) is 0 Å². The SMILES string of the molecule is O=C([C@@H]1CCCN1C(=O)CCc1cc2ccccc2o1)N1CCC[C@H]1C=NO. The summed E-state index contributed by atoms with van der Waals surface area (Å²) < 4.78 is 5.79. The van der Waals surface area contributed by atoms with Gasteiger partial charge in [-0.3, -0.25) is 9.59 Å². The first kappa shape index (κ1) is 18.5. The fraction of sp³-hybridized carbons (Fsp3) is 0.476. The van der Waals surface area contributed by atoms with Gasteiger partial charge in [0, 0.05) is 31.3 Å². The van der Waals surface area contributed by atoms with E-state index < -0.39 is 6.04 Å². The van der Waals surface area contributed by atoms with Crippen molar-refractivity contribution in [1.82, 2.24) is 9.80 Å². The van der Waals surface area contributed by atoms with Gasteiger partial charge >= 0.3 is 0 Å². The zero-order chi connectivity index (χ0) is 19.5. The van der Waals surface area contributed by atoms with Crippen molar-refractivity contribution in [1.29, 1.82) is 0 Å². The standard InChI is InChI=1S/C21H25N3O4/c25-20(10-9-17-13-15-5-1-2-8-19(15)28-17)24-12-4-7-18(24)21(26)23-11-3-6-16(23)14-22-27/h1-2,5,8,13-14,16,18,27H,3-4,6-7,9-12H2/t16-,18-/m0/s1. The maximum Gasteiger partial charge on any atom is 0.245 e. The van der Waals surface area contributed by atoms with E-state index >= 15 is 0 Å². The lowest BCUT2D eigenvalue weighted by Gasteiger charge is -2.30. The number of amides is 2. The molecule has 2 saturated heterocycles. The lowest BCUT2D eigenvalue weighted by atomic mass is 10.1. The zero-order valence-corrected chi connectivity index (χ0v) is 15.8. The minimum absolute atomic E-state index is 0.0112. The van der Waals surface area contributed by atoms with Crippen molar-refractivity contribution < 1.29 is 19.2 Å². The van der Waals surface area contributed by atoms with Crippen molar-refractivity contribution in [3.05, 3.63) is 36.1 Å². The second-order valence-electron chi connectivity index (χ2n) is 7.50. The minimum atomic E-state index is -0.407. The van der Waals surface area contributed by atoms with Crippen LogP contribution in [0.4, 0.5) is 0 Å². The minimum Gasteiger partial charge on any atom is -0.461 e. The van der Waals surface area contributed by atoms with Crippen LogP contribution in [0, 0.1) is 0 Å². The molecule has 0 saturated carbocycles. The number of hydrogen-bond donors (Lipinski definition) is 1. The summed E-state index contributed by atoms with van der Waals surface area (Å²) in [5.74, 6) is 0.746. The molecule has 4 rings (SSSR count). The number of aryl methyl sites for hydroxylation is 1. The van der Waals surface area contributed by atoms with E-state index in [4.69, 9.17) is 9.62 Å². The molecule has 2 aliphatic heterocycles. The first-order valence-electron chi connectivity index (χ1n) is 9.92. The third kappa shape index (κ3) is 3.61. The molecule has 0 bridgehead atoms. The third-order valence-electron chi connectivity index (χ3n) is 5.74. The zero-order valence-electron chi connectivity index (χ0n) is 15.8. The van der Waals surface area contributed by atoms with Crippen LogP contribution in [0.1, 0.15) is 37.9 Å². The van der Waals surface area contributed by atoms with Crippen LogP contribution < -0.4 is 0 Å². The van der Waals surface area contributed by atoms with Gasteiger partial charge in [-0.2, -0.15) is 0 Å². The molecule has 3 heterocycles. The van der Waals surface area contributed by atoms with E-state index in [-0.39, 0.29) is 17.9 Å². The van der Waals surface area contributed by atoms with E-state index in [1.165, 1.54) is 6.21 Å². The first-order chi connectivity index (χ1) is 13.7. The number of benzene rings is 1. The number of oxime groups is 1. The van der Waals surface area contributed by atoms with Crippen molar-refractivity contribution in [2.75, 3.05) is 13.1 Å². The van der Waals surface area contributed by atoms with E-state index in [0.29, 0.717) is 32.4 Å². The number of para-hydroxylation sites is 1. The topological polar surface area (TPSA) is 86.4 Å². The van der Waals surface area contributed by atoms with Gasteiger partial charge in [0.25, 0.3) is 0 Å². The summed E-state index contributed by atoms with van der Waals surface area (Å²) in [6, 6.07) is 9.17. The smallest absolute Gasteiger partial charge is 0.245 e. The van der Waals surface area contributed by atoms with Gasteiger partial charge in [-0.05, 0) is 37.8 Å². The van der Waals surface area contributed by atoms with Gasteiger partial charge in [0.1, 0.15) is 17.4 Å². The lowest BCUT2D eigenvalue weighted by Crippen LogP contribution is -2.49. The monoisotopic (exact) mass is 383 g/mol. The highest BCUT2D eigenvalue weighted by molar-refractivity contribution is 5.90. The highest BCUT2D eigenvalue weighted by atomic mass is 16.4. The summed E-state index contributed by atoms with van der Waals surface area (Å²) in [4.78, 5) is 29.3. The molecule has 0 spiro atoms. The number of carbonyl (C=O) groups excluding carboxylic acids is 2. The van der Waals surface area contributed by atoms with Crippen molar-refractivity contribution in [2.24, 2.45) is 5.16 Å². The molecule has 7 heteroatoms. The molecule has 2 amide bonds. The molecular formula is C21H25N3O4. The Morgan fingerprint density at radius 2 is 1.96 bits per heavy atom. The summed E-state index contributed by atoms with van der Waals surface area (Å²) >= 11 is 0. The Kier molecular flexibility index (Phi) is 5.32. The van der Waals surface area contributed by atoms with Gasteiger partial charge in [0.05, 0.1) is 12.3 Å². The molecule has 0 aliphatic carbocycles. The Bertz CT molecular complexity index is 858. The van der Waals surface area contributed by atoms with Gasteiger partial charge in [-0.1, -0.05) is 23.4 Å². The van der Waals surface area contributed by atoms with Crippen LogP contribution in [-0.4, -0.2) is 58.2 Å². The Morgan fingerprint density at radius 1 is 1.18 bits per heavy atom. The predicted octanol–water partition coefficient (Wildman–Crippen LogP) is 2.81. The maximum absolute atomic E-state index is 13.0. The van der Waals surface area contributed by atoms with E-state index in [9.17, 15) is 9.59 Å². The van der Waals surface area contributed by atoms with Crippen molar-refractivity contribution in [3.63, 3.8) is 0 Å². The molecule has 2 aromatic rings. The molecule has 2 fully saturated rings. The highest BCUT2D eigenvalue weighted by Gasteiger charge is 2.39. The molecule has 0 unspecified atom stereocenters. The Hall–Kier alpha value is -2.83. The van der Waals surface area contributed by atoms with Gasteiger partial charge in [0.15, 0.2) is 0 Å². The average molecular weight is 383 g/mol. The van der Waals surface area contributed by atoms with E-state index in [2.05, 4.69) is 5.16 Å². The largest absolute Gasteiger partial charge is 0.461 e. The summed E-state index contributed by atoms with van der Waals surface area (Å²) in [6.07, 6.45) is 5.46. The lowest BCUT2D eigenvalue weighted by molar-refractivity contribution is -0.143. The number of furan rings is 1. The molecule has 1 N–H and O–H groups in total. The molecule has 2 aliphatic rings. The van der Waals surface area contributed by atoms with Crippen LogP contribution in [0.15, 0.2) is 39.9 Å². The molecule has 148 valence electrons. The Morgan fingerprint density at radius 3 is 2.79 bits per heavy atom. The highest BCUT2D eigenvalue weighted by Crippen LogP contribution is 2.26. The first-order valence-corrected chi connectivity index (χ1v) is 9.92. The average Bonchev–Trinajstić information content (AvgIpc) is 3.44. The number of nitrogens with zero attached hydrogens (tertiary/aromatic N) is 3. The predicted molar refractivity (Wildman–Crippen MR) is 104 cm³/mol. The molecule has 1 aromatic carbocycles. The van der Waals surface area contributed by atoms with E-state index in [0.717, 1.165) is 36.0 Å². The number of hydrogen-bond acceptors (Lipinski definition) is 5. The molecule has 2 atom stereocenters. The summed E-state index contributed by atoms with van der Waals surface area (Å²) in [5, 5.41) is 13.0. The van der Waals surface area contributed by atoms with Crippen LogP contribution >= 0.6 is 0 Å². The van der Waals surface area contributed by atoms with Crippen LogP contribution in [0.3, 0.4) is 0 Å². The second kappa shape index (κ2) is 8.04. The molecule has 7 nitrogen and oxygen atoms in total. The summed E-state index contributed by atoms with van der Waals surface area (Å²) in [6.45, 7) is 1.26. The number of carbonyl (C=O) groups is 2. The van der Waals surface area contributed by atoms with Crippen LogP contribution in [-0.2, 0) is 16.0 Å². The van der Waals surface area contributed by atoms with Crippen LogP contribution in [0.25, 0.3) is 11.0 Å². The summed E-state index contributed by atoms with van der Waals surface area (Å²) in [7, 11) is 0. The normalized spacial score (nSPS) is 22.6. The van der Waals surface area contributed by atoms with Gasteiger partial charge < -0.3 is 19.4 Å². The van der Waals surface area contributed by atoms with Gasteiger partial charge in [-0.25, -0.2) is 0 Å². The molecular weight excluding hydrogens is 358 g/mol. The van der Waals surface area contributed by atoms with Gasteiger partial charge in [0.2, 0.25) is 11.8 Å². The van der Waals surface area contributed by atoms with Crippen molar-refractivity contribution >= 4 is 29.0 Å². The maximum atomic E-state index is 13.0. The molecule has 0 radical (unpaired) electrons. The van der Waals surface area contributed by atoms with Crippen LogP contribution in [0.5, 0.6) is 0 Å². The van der Waals surface area contributed by atoms with E-state index in [1.807, 2.05) is 30.3 Å². The van der Waals surface area contributed by atoms with Crippen molar-refractivity contribution in [2.45, 2.75) is 50.6 Å². The number of rotatable bonds is 5. The molecule has 1 aromatic heterocycles. The number of likely N-dealkylation sites (tertiary alicyclic amines) is 2. The summed E-state index contributed by atoms with van der Waals surface area (Å²) in [5.41, 5.74) is 0.824. The van der Waals surface area contributed by atoms with Crippen molar-refractivity contribution in [3.8, 4) is 0 Å². The fourth-order valence-electron chi connectivity index (χ4n) is 4.35. The van der Waals surface area contributed by atoms with E-state index in [1.54, 1.807) is 9.80 Å². The van der Waals surface area contributed by atoms with Crippen LogP contribution in [0.2, 0.25) is 0 Å². The quantitative estimate of drug-likeness (QED) is 0.489. The molecule has 28 heavy (non-hydrogen) atoms. The Labute approximate surface area is 163 Å². The number of fused-ring (bicyclic) bond motifs is 1. The fourth-order valence-corrected chi connectivity index (χ4v) is 4.35. The third-order valence-corrected chi connectivity index (χ3v) is 5.74. The second-order valence-corrected chi connectivity index (χ2v) is 7.50.